The molecule has 1 rings (SSSR count). The lowest BCUT2D eigenvalue weighted by atomic mass is 10.3. The predicted molar refractivity (Wildman–Crippen MR) is 47.4 cm³/mol. The highest BCUT2D eigenvalue weighted by atomic mass is 35.5. The van der Waals surface area contributed by atoms with Gasteiger partial charge in [-0.3, -0.25) is 0 Å². The minimum Gasteiger partial charge on any atom is -0.495 e. The van der Waals surface area contributed by atoms with Crippen LogP contribution >= 0.6 is 11.6 Å². The molecule has 56 valence electrons. The predicted octanol–water partition coefficient (Wildman–Crippen LogP) is 1.84. The number of hydrogen-bond donors (Lipinski definition) is 1. The van der Waals surface area contributed by atoms with Crippen molar-refractivity contribution in [3.05, 3.63) is 23.2 Å². The molecule has 0 saturated heterocycles. The summed E-state index contributed by atoms with van der Waals surface area (Å²) in [4.78, 5) is 0. The second kappa shape index (κ2) is 3.87. The normalized spacial score (nSPS) is 9.27. The molecule has 0 unspecified atom stereocenters. The molecule has 0 aliphatic rings. The Hall–Kier alpha value is -0.358. The topological polar surface area (TPSA) is 21.3 Å². The molecule has 0 amide bonds. The van der Waals surface area contributed by atoms with E-state index in [-0.39, 0.29) is 0 Å². The highest BCUT2D eigenvalue weighted by molar-refractivity contribution is 6.31. The molecule has 11 heavy (non-hydrogen) atoms. The van der Waals surface area contributed by atoms with E-state index in [4.69, 9.17) is 16.3 Å². The van der Waals surface area contributed by atoms with Crippen LogP contribution in [0.3, 0.4) is 0 Å². The van der Waals surface area contributed by atoms with E-state index in [0.717, 1.165) is 11.4 Å². The van der Waals surface area contributed by atoms with Gasteiger partial charge in [-0.05, 0) is 18.2 Å². The molecule has 1 aromatic rings. The van der Waals surface area contributed by atoms with E-state index in [1.165, 1.54) is 0 Å². The average molecular weight is 184 g/mol. The number of halogens is 1. The Labute approximate surface area is 79.1 Å². The first-order valence-electron chi connectivity index (χ1n) is 3.08. The average Bonchev–Trinajstić information content (AvgIpc) is 2.04. The van der Waals surface area contributed by atoms with Gasteiger partial charge in [0.25, 0.3) is 0 Å². The number of anilines is 1. The van der Waals surface area contributed by atoms with E-state index >= 15 is 0 Å². The van der Waals surface area contributed by atoms with Gasteiger partial charge in [0.05, 0.1) is 12.8 Å². The minimum atomic E-state index is 0.691. The molecule has 0 aliphatic carbocycles. The van der Waals surface area contributed by atoms with Crippen molar-refractivity contribution in [2.75, 3.05) is 11.4 Å². The molecule has 4 heteroatoms. The Morgan fingerprint density at radius 2 is 2.27 bits per heavy atom. The first kappa shape index (κ1) is 8.74. The minimum absolute atomic E-state index is 0.691. The van der Waals surface area contributed by atoms with E-state index in [0.29, 0.717) is 5.02 Å². The maximum Gasteiger partial charge on any atom is 0.305 e. The number of methoxy groups -OCH3 is 1. The van der Waals surface area contributed by atoms with E-state index in [1.807, 2.05) is 6.07 Å². The van der Waals surface area contributed by atoms with E-state index in [9.17, 15) is 0 Å². The Bertz CT molecular complexity index is 254. The molecule has 0 spiro atoms. The number of hydrogen-bond acceptors (Lipinski definition) is 2. The van der Waals surface area contributed by atoms with Gasteiger partial charge in [-0.15, -0.1) is 0 Å². The highest BCUT2D eigenvalue weighted by Crippen LogP contribution is 2.26. The van der Waals surface area contributed by atoms with Gasteiger partial charge in [0.2, 0.25) is 0 Å². The Morgan fingerprint density at radius 3 is 2.82 bits per heavy atom. The standard InChI is InChI=1S/C7H7ClNO.Al/c1-10-7-3-2-5(8)4-6(7)9;/h2-4,9H,1H3;/q-1;+1. The zero-order valence-corrected chi connectivity index (χ0v) is 8.01. The molecule has 0 saturated carbocycles. The monoisotopic (exact) mass is 183 g/mol. The van der Waals surface area contributed by atoms with E-state index in [1.54, 1.807) is 19.2 Å². The third-order valence-corrected chi connectivity index (χ3v) is 1.86. The van der Waals surface area contributed by atoms with Gasteiger partial charge in [0, 0.05) is 5.02 Å². The first-order valence-corrected chi connectivity index (χ1v) is 4.03. The first-order chi connectivity index (χ1) is 5.27. The van der Waals surface area contributed by atoms with Crippen LogP contribution in [0.5, 0.6) is 5.75 Å². The van der Waals surface area contributed by atoms with Gasteiger partial charge in [0.15, 0.2) is 0 Å². The summed E-state index contributed by atoms with van der Waals surface area (Å²) in [6.07, 6.45) is 0. The lowest BCUT2D eigenvalue weighted by molar-refractivity contribution is 0.417. The van der Waals surface area contributed by atoms with Crippen LogP contribution in [-0.2, 0) is 0 Å². The summed E-state index contributed by atoms with van der Waals surface area (Å²) < 4.78 is 7.95. The van der Waals surface area contributed by atoms with Gasteiger partial charge < -0.3 is 9.04 Å². The van der Waals surface area contributed by atoms with Crippen LogP contribution < -0.4 is 9.04 Å². The molecule has 0 bridgehead atoms. The fraction of sp³-hybridized carbons (Fsp3) is 0.143. The molecular formula is C7H7AlClNO. The summed E-state index contributed by atoms with van der Waals surface area (Å²) in [5.41, 5.74) is 0.866. The maximum absolute atomic E-state index is 5.75. The Kier molecular flexibility index (Phi) is 3.07. The van der Waals surface area contributed by atoms with Gasteiger partial charge in [0.1, 0.15) is 5.75 Å². The molecule has 1 aromatic carbocycles. The van der Waals surface area contributed by atoms with Crippen molar-refractivity contribution in [2.24, 2.45) is 0 Å². The largest absolute Gasteiger partial charge is 0.495 e. The van der Waals surface area contributed by atoms with Gasteiger partial charge in [-0.25, -0.2) is 0 Å². The van der Waals surface area contributed by atoms with E-state index < -0.39 is 0 Å². The molecule has 0 fully saturated rings. The van der Waals surface area contributed by atoms with Crippen LogP contribution in [0.1, 0.15) is 0 Å². The van der Waals surface area contributed by atoms with Gasteiger partial charge in [-0.1, -0.05) is 11.6 Å². The quantitative estimate of drug-likeness (QED) is 0.707. The van der Waals surface area contributed by atoms with Crippen LogP contribution in [0.4, 0.5) is 5.69 Å². The zero-order valence-electron chi connectivity index (χ0n) is 6.10. The summed E-state index contributed by atoms with van der Waals surface area (Å²) in [5, 5.41) is 0.691. The summed E-state index contributed by atoms with van der Waals surface area (Å²) in [6, 6.07) is 5.40. The van der Waals surface area contributed by atoms with Crippen molar-refractivity contribution in [1.29, 1.82) is 0 Å². The summed E-state index contributed by atoms with van der Waals surface area (Å²) in [6.45, 7) is 0. The Morgan fingerprint density at radius 1 is 1.55 bits per heavy atom. The van der Waals surface area contributed by atoms with Crippen molar-refractivity contribution in [3.8, 4) is 5.75 Å². The second-order valence-corrected chi connectivity index (χ2v) is 2.71. The fourth-order valence-corrected chi connectivity index (χ4v) is 1.19. The van der Waals surface area contributed by atoms with Crippen molar-refractivity contribution in [1.82, 2.24) is 0 Å². The van der Waals surface area contributed by atoms with E-state index in [2.05, 4.69) is 20.8 Å². The molecule has 0 aromatic heterocycles. The molecule has 0 atom stereocenters. The third kappa shape index (κ3) is 2.03. The number of benzene rings is 1. The van der Waals surface area contributed by atoms with Crippen molar-refractivity contribution < 1.29 is 4.74 Å². The van der Waals surface area contributed by atoms with Crippen molar-refractivity contribution >= 4 is 33.8 Å². The summed E-state index contributed by atoms with van der Waals surface area (Å²) in [7, 11) is 1.62. The number of nitrogens with one attached hydrogen (secondary N) is 1. The smallest absolute Gasteiger partial charge is 0.305 e. The highest BCUT2D eigenvalue weighted by Gasteiger charge is 1.98. The van der Waals surface area contributed by atoms with Crippen LogP contribution in [0.15, 0.2) is 18.2 Å². The number of rotatable bonds is 2. The lowest BCUT2D eigenvalue weighted by Crippen LogP contribution is -1.94. The van der Waals surface area contributed by atoms with Crippen LogP contribution in [0.2, 0.25) is 5.02 Å². The summed E-state index contributed by atoms with van der Waals surface area (Å²) in [5.74, 6) is 0.782. The zero-order chi connectivity index (χ0) is 8.27. The third-order valence-electron chi connectivity index (χ3n) is 1.32. The van der Waals surface area contributed by atoms with Crippen LogP contribution in [0.25, 0.3) is 0 Å². The van der Waals surface area contributed by atoms with Crippen molar-refractivity contribution in [3.63, 3.8) is 0 Å². The molecule has 1 N–H and O–H groups in total. The Balaban J connectivity index is 3.06. The molecule has 2 radical (unpaired) electrons. The van der Waals surface area contributed by atoms with Crippen LogP contribution in [-0.4, -0.2) is 23.6 Å². The maximum atomic E-state index is 5.75. The fourth-order valence-electron chi connectivity index (χ4n) is 0.793. The lowest BCUT2D eigenvalue weighted by Gasteiger charge is -2.08. The second-order valence-electron chi connectivity index (χ2n) is 1.99. The van der Waals surface area contributed by atoms with Crippen LogP contribution in [0, 0.1) is 0 Å². The number of ether oxygens (including phenoxy) is 1. The molecule has 2 nitrogen and oxygen atoms in total. The summed E-state index contributed by atoms with van der Waals surface area (Å²) >= 11 is 8.14. The van der Waals surface area contributed by atoms with Gasteiger partial charge >= 0.3 is 16.5 Å². The SMILES string of the molecule is COc1ccc(Cl)cc1[NH][Al]. The van der Waals surface area contributed by atoms with Crippen molar-refractivity contribution in [2.45, 2.75) is 0 Å². The molecule has 0 heterocycles. The molecule has 0 aliphatic heterocycles. The molecular weight excluding hydrogens is 177 g/mol. The van der Waals surface area contributed by atoms with Gasteiger partial charge in [-0.2, -0.15) is 0 Å².